The van der Waals surface area contributed by atoms with Crippen LogP contribution in [0.2, 0.25) is 0 Å². The van der Waals surface area contributed by atoms with E-state index in [0.717, 1.165) is 22.7 Å². The molecule has 2 aromatic heterocycles. The Labute approximate surface area is 323 Å². The summed E-state index contributed by atoms with van der Waals surface area (Å²) in [5.74, 6) is 0. The summed E-state index contributed by atoms with van der Waals surface area (Å²) in [5.41, 5.74) is 11.7. The Morgan fingerprint density at radius 1 is 0.364 bits per heavy atom. The largest absolute Gasteiger partial charge is 0.310 e. The number of para-hydroxylation sites is 3. The van der Waals surface area contributed by atoms with Crippen LogP contribution in [0.5, 0.6) is 0 Å². The Morgan fingerprint density at radius 2 is 1.00 bits per heavy atom. The average molecular weight is 719 g/mol. The maximum atomic E-state index is 2.44. The topological polar surface area (TPSA) is 8.17 Å². The fraction of sp³-hybridized carbons (Fsp3) is 0. The molecule has 0 N–H and O–H groups in total. The monoisotopic (exact) mass is 718 g/mol. The van der Waals surface area contributed by atoms with Gasteiger partial charge in [0.1, 0.15) is 0 Å². The van der Waals surface area contributed by atoms with Gasteiger partial charge in [-0.05, 0) is 100 Å². The molecule has 55 heavy (non-hydrogen) atoms. The number of thiophene rings is 1. The van der Waals surface area contributed by atoms with Crippen LogP contribution in [0.15, 0.2) is 206 Å². The number of benzene rings is 9. The average Bonchev–Trinajstić information content (AvgIpc) is 3.79. The van der Waals surface area contributed by atoms with E-state index in [4.69, 9.17) is 0 Å². The zero-order valence-corrected chi connectivity index (χ0v) is 30.7. The molecular weight excluding hydrogens is 685 g/mol. The van der Waals surface area contributed by atoms with Gasteiger partial charge < -0.3 is 9.47 Å². The second-order valence-electron chi connectivity index (χ2n) is 14.1. The SMILES string of the molecule is c1ccc(-n2c3ccccc3c3cc(N(c4ccc(-c5cccc6ccccc56)cc4)c4ccccc4-c4ccc5sc6ccccc6c5c4)ccc32)cc1. The molecule has 11 aromatic rings. The normalized spacial score (nSPS) is 11.6. The molecular formula is C52H34N2S. The van der Waals surface area contributed by atoms with Crippen molar-refractivity contribution in [2.45, 2.75) is 0 Å². The zero-order chi connectivity index (χ0) is 36.3. The summed E-state index contributed by atoms with van der Waals surface area (Å²) in [6.45, 7) is 0. The molecule has 0 radical (unpaired) electrons. The van der Waals surface area contributed by atoms with Gasteiger partial charge in [0.15, 0.2) is 0 Å². The number of hydrogen-bond donors (Lipinski definition) is 0. The molecule has 0 aliphatic heterocycles. The summed E-state index contributed by atoms with van der Waals surface area (Å²) in [5, 5.41) is 7.57. The van der Waals surface area contributed by atoms with E-state index >= 15 is 0 Å². The summed E-state index contributed by atoms with van der Waals surface area (Å²) < 4.78 is 5.01. The molecule has 9 aromatic carbocycles. The van der Waals surface area contributed by atoms with Gasteiger partial charge >= 0.3 is 0 Å². The van der Waals surface area contributed by atoms with Crippen LogP contribution in [-0.4, -0.2) is 4.57 Å². The van der Waals surface area contributed by atoms with Crippen molar-refractivity contribution < 1.29 is 0 Å². The van der Waals surface area contributed by atoms with E-state index in [2.05, 4.69) is 216 Å². The summed E-state index contributed by atoms with van der Waals surface area (Å²) in [6, 6.07) is 75.3. The van der Waals surface area contributed by atoms with Crippen molar-refractivity contribution in [2.24, 2.45) is 0 Å². The lowest BCUT2D eigenvalue weighted by Gasteiger charge is -2.28. The van der Waals surface area contributed by atoms with Crippen LogP contribution in [0.25, 0.3) is 80.7 Å². The van der Waals surface area contributed by atoms with Crippen molar-refractivity contribution in [3.63, 3.8) is 0 Å². The van der Waals surface area contributed by atoms with E-state index in [9.17, 15) is 0 Å². The van der Waals surface area contributed by atoms with E-state index in [0.29, 0.717) is 0 Å². The molecule has 2 nitrogen and oxygen atoms in total. The highest BCUT2D eigenvalue weighted by Gasteiger charge is 2.21. The van der Waals surface area contributed by atoms with E-state index in [1.165, 1.54) is 75.0 Å². The van der Waals surface area contributed by atoms with E-state index in [1.807, 2.05) is 11.3 Å². The molecule has 0 aliphatic carbocycles. The van der Waals surface area contributed by atoms with Gasteiger partial charge in [-0.2, -0.15) is 0 Å². The molecule has 0 saturated carbocycles. The number of nitrogens with zero attached hydrogens (tertiary/aromatic N) is 2. The molecule has 0 aliphatic rings. The van der Waals surface area contributed by atoms with Crippen LogP contribution < -0.4 is 4.90 Å². The molecule has 0 unspecified atom stereocenters. The third-order valence-corrected chi connectivity index (χ3v) is 12.1. The predicted molar refractivity (Wildman–Crippen MR) is 237 cm³/mol. The van der Waals surface area contributed by atoms with E-state index in [1.54, 1.807) is 0 Å². The second kappa shape index (κ2) is 12.9. The highest BCUT2D eigenvalue weighted by molar-refractivity contribution is 7.25. The Bertz CT molecular complexity index is 3200. The van der Waals surface area contributed by atoms with Gasteiger partial charge in [-0.3, -0.25) is 0 Å². The fourth-order valence-corrected chi connectivity index (χ4v) is 9.54. The van der Waals surface area contributed by atoms with Crippen LogP contribution in [-0.2, 0) is 0 Å². The number of rotatable bonds is 6. The maximum absolute atomic E-state index is 2.44. The zero-order valence-electron chi connectivity index (χ0n) is 29.9. The molecule has 3 heteroatoms. The van der Waals surface area contributed by atoms with Gasteiger partial charge in [0.25, 0.3) is 0 Å². The molecule has 0 bridgehead atoms. The van der Waals surface area contributed by atoms with Crippen molar-refractivity contribution in [1.29, 1.82) is 0 Å². The summed E-state index contributed by atoms with van der Waals surface area (Å²) >= 11 is 1.86. The van der Waals surface area contributed by atoms with Crippen molar-refractivity contribution >= 4 is 81.1 Å². The first-order valence-corrected chi connectivity index (χ1v) is 19.6. The minimum Gasteiger partial charge on any atom is -0.310 e. The summed E-state index contributed by atoms with van der Waals surface area (Å²) in [7, 11) is 0. The van der Waals surface area contributed by atoms with Crippen LogP contribution >= 0.6 is 11.3 Å². The van der Waals surface area contributed by atoms with Crippen LogP contribution in [0.3, 0.4) is 0 Å². The molecule has 0 fully saturated rings. The van der Waals surface area contributed by atoms with Crippen molar-refractivity contribution in [1.82, 2.24) is 4.57 Å². The Kier molecular flexibility index (Phi) is 7.39. The predicted octanol–water partition coefficient (Wildman–Crippen LogP) is 15.1. The van der Waals surface area contributed by atoms with Crippen LogP contribution in [0.4, 0.5) is 17.1 Å². The smallest absolute Gasteiger partial charge is 0.0542 e. The summed E-state index contributed by atoms with van der Waals surface area (Å²) in [4.78, 5) is 2.44. The molecule has 0 spiro atoms. The third-order valence-electron chi connectivity index (χ3n) is 11.0. The second-order valence-corrected chi connectivity index (χ2v) is 15.2. The van der Waals surface area contributed by atoms with Crippen molar-refractivity contribution in [3.8, 4) is 27.9 Å². The fourth-order valence-electron chi connectivity index (χ4n) is 8.46. The first-order chi connectivity index (χ1) is 27.3. The van der Waals surface area contributed by atoms with Crippen molar-refractivity contribution in [3.05, 3.63) is 206 Å². The Balaban J connectivity index is 1.12. The summed E-state index contributed by atoms with van der Waals surface area (Å²) in [6.07, 6.45) is 0. The number of anilines is 3. The lowest BCUT2D eigenvalue weighted by Crippen LogP contribution is -2.11. The van der Waals surface area contributed by atoms with Crippen LogP contribution in [0.1, 0.15) is 0 Å². The third kappa shape index (κ3) is 5.24. The molecule has 0 atom stereocenters. The van der Waals surface area contributed by atoms with Gasteiger partial charge in [-0.1, -0.05) is 133 Å². The molecule has 2 heterocycles. The van der Waals surface area contributed by atoms with Crippen LogP contribution in [0, 0.1) is 0 Å². The standard InChI is InChI=1S/C52H34N2S/c1-2-15-38(16-3-1)54-49-23-10-7-19-44(49)46-34-40(30-31-50(46)54)53(39-28-25-36(26-29-39)42-21-12-14-35-13-4-5-17-41(35)42)48-22-9-6-18-43(48)37-27-32-52-47(33-37)45-20-8-11-24-51(45)55-52/h1-34H. The maximum Gasteiger partial charge on any atom is 0.0542 e. The molecule has 0 amide bonds. The minimum atomic E-state index is 1.10. The first-order valence-electron chi connectivity index (χ1n) is 18.8. The van der Waals surface area contributed by atoms with Gasteiger partial charge in [0.2, 0.25) is 0 Å². The lowest BCUT2D eigenvalue weighted by molar-refractivity contribution is 1.18. The molecule has 0 saturated heterocycles. The highest BCUT2D eigenvalue weighted by Crippen LogP contribution is 2.45. The lowest BCUT2D eigenvalue weighted by atomic mass is 9.97. The van der Waals surface area contributed by atoms with Gasteiger partial charge in [-0.15, -0.1) is 11.3 Å². The molecule has 258 valence electrons. The van der Waals surface area contributed by atoms with Crippen molar-refractivity contribution in [2.75, 3.05) is 4.90 Å². The highest BCUT2D eigenvalue weighted by atomic mass is 32.1. The number of aromatic nitrogens is 1. The van der Waals surface area contributed by atoms with Gasteiger partial charge in [0, 0.05) is 53.6 Å². The number of hydrogen-bond acceptors (Lipinski definition) is 2. The van der Waals surface area contributed by atoms with Gasteiger partial charge in [0.05, 0.1) is 16.7 Å². The Morgan fingerprint density at radius 3 is 1.89 bits per heavy atom. The van der Waals surface area contributed by atoms with Gasteiger partial charge in [-0.25, -0.2) is 0 Å². The quantitative estimate of drug-likeness (QED) is 0.166. The first kappa shape index (κ1) is 31.6. The Hall–Kier alpha value is -6.94. The minimum absolute atomic E-state index is 1.10. The molecule has 11 rings (SSSR count). The van der Waals surface area contributed by atoms with E-state index in [-0.39, 0.29) is 0 Å². The van der Waals surface area contributed by atoms with E-state index < -0.39 is 0 Å². The number of fused-ring (bicyclic) bond motifs is 7.